The van der Waals surface area contributed by atoms with Crippen LogP contribution in [0.2, 0.25) is 0 Å². The standard InChI is InChI=1S/C24H37N5O4S/c1-26(2)34(32,33)19-10-11-20-22(17-19)29(24(31)21-9-4-7-16-28(20)21)18-23(30)25-12-8-15-27-13-5-3-6-14-27/h10-11,17,21H,3-9,12-16,18H2,1-2H3,(H,25,30)/t21-/m1/s1. The van der Waals surface area contributed by atoms with Crippen molar-refractivity contribution in [2.45, 2.75) is 55.9 Å². The third-order valence-corrected chi connectivity index (χ3v) is 8.91. The number of piperidine rings is 2. The molecule has 2 fully saturated rings. The van der Waals surface area contributed by atoms with Crippen molar-refractivity contribution in [1.29, 1.82) is 0 Å². The molecule has 10 heteroatoms. The number of hydrogen-bond acceptors (Lipinski definition) is 6. The first-order chi connectivity index (χ1) is 16.3. The maximum atomic E-state index is 13.4. The second-order valence-corrected chi connectivity index (χ2v) is 11.8. The number of amides is 2. The van der Waals surface area contributed by atoms with E-state index in [4.69, 9.17) is 0 Å². The number of nitrogens with one attached hydrogen (secondary N) is 1. The van der Waals surface area contributed by atoms with E-state index in [1.807, 2.05) is 0 Å². The summed E-state index contributed by atoms with van der Waals surface area (Å²) >= 11 is 0. The average Bonchev–Trinajstić information content (AvgIpc) is 2.84. The minimum atomic E-state index is -3.67. The molecule has 1 aromatic carbocycles. The van der Waals surface area contributed by atoms with Gasteiger partial charge in [-0.2, -0.15) is 0 Å². The highest BCUT2D eigenvalue weighted by Crippen LogP contribution is 2.40. The van der Waals surface area contributed by atoms with Gasteiger partial charge in [-0.3, -0.25) is 14.5 Å². The lowest BCUT2D eigenvalue weighted by Crippen LogP contribution is -2.57. The summed E-state index contributed by atoms with van der Waals surface area (Å²) in [7, 11) is -0.702. The molecule has 0 spiro atoms. The summed E-state index contributed by atoms with van der Waals surface area (Å²) in [6.45, 7) is 4.43. The molecule has 0 radical (unpaired) electrons. The van der Waals surface area contributed by atoms with Crippen LogP contribution in [0.4, 0.5) is 11.4 Å². The van der Waals surface area contributed by atoms with Crippen LogP contribution in [0.3, 0.4) is 0 Å². The Morgan fingerprint density at radius 2 is 1.79 bits per heavy atom. The Morgan fingerprint density at radius 3 is 2.53 bits per heavy atom. The highest BCUT2D eigenvalue weighted by molar-refractivity contribution is 7.89. The zero-order valence-electron chi connectivity index (χ0n) is 20.3. The zero-order valence-corrected chi connectivity index (χ0v) is 21.1. The Bertz CT molecular complexity index is 1010. The molecule has 2 amide bonds. The molecule has 188 valence electrons. The van der Waals surface area contributed by atoms with Gasteiger partial charge in [0.25, 0.3) is 0 Å². The number of carbonyl (C=O) groups excluding carboxylic acids is 2. The van der Waals surface area contributed by atoms with Crippen molar-refractivity contribution >= 4 is 33.2 Å². The Balaban J connectivity index is 1.49. The van der Waals surface area contributed by atoms with E-state index in [1.165, 1.54) is 44.3 Å². The number of hydrogen-bond donors (Lipinski definition) is 1. The summed E-state index contributed by atoms with van der Waals surface area (Å²) in [5.41, 5.74) is 1.31. The van der Waals surface area contributed by atoms with Crippen LogP contribution >= 0.6 is 0 Å². The highest BCUT2D eigenvalue weighted by Gasteiger charge is 2.40. The van der Waals surface area contributed by atoms with Crippen LogP contribution in [0, 0.1) is 0 Å². The third-order valence-electron chi connectivity index (χ3n) is 7.10. The third kappa shape index (κ3) is 5.23. The van der Waals surface area contributed by atoms with E-state index in [1.54, 1.807) is 12.1 Å². The second kappa shape index (κ2) is 10.6. The van der Waals surface area contributed by atoms with Gasteiger partial charge in [-0.25, -0.2) is 12.7 Å². The van der Waals surface area contributed by atoms with Crippen molar-refractivity contribution in [2.75, 3.05) is 63.2 Å². The fourth-order valence-corrected chi connectivity index (χ4v) is 6.11. The van der Waals surface area contributed by atoms with Crippen molar-refractivity contribution < 1.29 is 18.0 Å². The molecule has 2 saturated heterocycles. The van der Waals surface area contributed by atoms with Crippen LogP contribution in [0.1, 0.15) is 44.9 Å². The topological polar surface area (TPSA) is 93.3 Å². The van der Waals surface area contributed by atoms with Gasteiger partial charge in [-0.15, -0.1) is 0 Å². The molecular weight excluding hydrogens is 454 g/mol. The minimum Gasteiger partial charge on any atom is -0.358 e. The molecule has 0 saturated carbocycles. The van der Waals surface area contributed by atoms with Gasteiger partial charge < -0.3 is 15.1 Å². The van der Waals surface area contributed by atoms with E-state index < -0.39 is 10.0 Å². The van der Waals surface area contributed by atoms with Crippen molar-refractivity contribution in [3.8, 4) is 0 Å². The molecule has 4 rings (SSSR count). The van der Waals surface area contributed by atoms with Gasteiger partial charge >= 0.3 is 0 Å². The van der Waals surface area contributed by atoms with Crippen LogP contribution in [0.25, 0.3) is 0 Å². The van der Waals surface area contributed by atoms with E-state index in [2.05, 4.69) is 15.1 Å². The van der Waals surface area contributed by atoms with E-state index in [0.29, 0.717) is 12.2 Å². The van der Waals surface area contributed by atoms with Gasteiger partial charge in [0.1, 0.15) is 12.6 Å². The molecule has 3 aliphatic rings. The molecule has 0 aromatic heterocycles. The van der Waals surface area contributed by atoms with Gasteiger partial charge in [0.15, 0.2) is 0 Å². The molecule has 1 N–H and O–H groups in total. The van der Waals surface area contributed by atoms with Crippen LogP contribution < -0.4 is 15.1 Å². The molecule has 3 aliphatic heterocycles. The van der Waals surface area contributed by atoms with E-state index in [-0.39, 0.29) is 29.3 Å². The first-order valence-electron chi connectivity index (χ1n) is 12.4. The molecule has 1 atom stereocenters. The van der Waals surface area contributed by atoms with Crippen LogP contribution in [0.5, 0.6) is 0 Å². The molecule has 0 unspecified atom stereocenters. The van der Waals surface area contributed by atoms with Crippen molar-refractivity contribution in [3.63, 3.8) is 0 Å². The van der Waals surface area contributed by atoms with E-state index >= 15 is 0 Å². The molecular formula is C24H37N5O4S. The van der Waals surface area contributed by atoms with Gasteiger partial charge in [0.2, 0.25) is 21.8 Å². The number of anilines is 2. The van der Waals surface area contributed by atoms with Gasteiger partial charge in [-0.05, 0) is 76.4 Å². The van der Waals surface area contributed by atoms with E-state index in [9.17, 15) is 18.0 Å². The summed E-state index contributed by atoms with van der Waals surface area (Å²) in [6.07, 6.45) is 7.35. The van der Waals surface area contributed by atoms with Gasteiger partial charge in [0, 0.05) is 27.2 Å². The van der Waals surface area contributed by atoms with Crippen molar-refractivity contribution in [2.24, 2.45) is 0 Å². The Hall–Kier alpha value is -2.17. The van der Waals surface area contributed by atoms with Crippen LogP contribution in [-0.4, -0.2) is 88.8 Å². The number of fused-ring (bicyclic) bond motifs is 3. The van der Waals surface area contributed by atoms with Crippen molar-refractivity contribution in [1.82, 2.24) is 14.5 Å². The maximum absolute atomic E-state index is 13.4. The Kier molecular flexibility index (Phi) is 7.79. The van der Waals surface area contributed by atoms with Gasteiger partial charge in [-0.1, -0.05) is 6.42 Å². The first-order valence-corrected chi connectivity index (χ1v) is 13.9. The minimum absolute atomic E-state index is 0.106. The second-order valence-electron chi connectivity index (χ2n) is 9.67. The number of benzene rings is 1. The van der Waals surface area contributed by atoms with E-state index in [0.717, 1.165) is 61.9 Å². The smallest absolute Gasteiger partial charge is 0.250 e. The fourth-order valence-electron chi connectivity index (χ4n) is 5.18. The summed E-state index contributed by atoms with van der Waals surface area (Å²) in [5.74, 6) is -0.349. The van der Waals surface area contributed by atoms with Crippen LogP contribution in [0.15, 0.2) is 23.1 Å². The lowest BCUT2D eigenvalue weighted by Gasteiger charge is -2.45. The van der Waals surface area contributed by atoms with Gasteiger partial charge in [0.05, 0.1) is 16.3 Å². The SMILES string of the molecule is CN(C)S(=O)(=O)c1ccc2c(c1)N(CC(=O)NCCCN1CCCCC1)C(=O)[C@H]1CCCCN21. The number of likely N-dealkylation sites (tertiary alicyclic amines) is 1. The zero-order chi connectivity index (χ0) is 24.3. The predicted molar refractivity (Wildman–Crippen MR) is 133 cm³/mol. The highest BCUT2D eigenvalue weighted by atomic mass is 32.2. The fraction of sp³-hybridized carbons (Fsp3) is 0.667. The summed E-state index contributed by atoms with van der Waals surface area (Å²) in [5, 5.41) is 2.96. The number of nitrogens with zero attached hydrogens (tertiary/aromatic N) is 4. The molecule has 1 aromatic rings. The molecule has 9 nitrogen and oxygen atoms in total. The Morgan fingerprint density at radius 1 is 1.06 bits per heavy atom. The van der Waals surface area contributed by atoms with Crippen LogP contribution in [-0.2, 0) is 19.6 Å². The average molecular weight is 492 g/mol. The molecule has 0 bridgehead atoms. The summed E-state index contributed by atoms with van der Waals surface area (Å²) in [6, 6.07) is 4.61. The normalized spacial score (nSPS) is 21.4. The quantitative estimate of drug-likeness (QED) is 0.556. The predicted octanol–water partition coefficient (Wildman–Crippen LogP) is 1.63. The number of sulfonamides is 1. The number of carbonyl (C=O) groups is 2. The summed E-state index contributed by atoms with van der Waals surface area (Å²) < 4.78 is 26.6. The molecule has 0 aliphatic carbocycles. The Labute approximate surface area is 203 Å². The maximum Gasteiger partial charge on any atom is 0.250 e. The van der Waals surface area contributed by atoms with Crippen molar-refractivity contribution in [3.05, 3.63) is 18.2 Å². The number of rotatable bonds is 8. The first kappa shape index (κ1) is 24.9. The lowest BCUT2D eigenvalue weighted by atomic mass is 9.96. The summed E-state index contributed by atoms with van der Waals surface area (Å²) in [4.78, 5) is 32.3. The monoisotopic (exact) mass is 491 g/mol. The molecule has 34 heavy (non-hydrogen) atoms. The lowest BCUT2D eigenvalue weighted by molar-refractivity contribution is -0.125. The molecule has 3 heterocycles. The largest absolute Gasteiger partial charge is 0.358 e.